The number of unbranched alkanes of at least 4 members (excludes halogenated alkanes) is 1. The van der Waals surface area contributed by atoms with E-state index in [1.807, 2.05) is 6.92 Å². The Labute approximate surface area is 119 Å². The fourth-order valence-electron chi connectivity index (χ4n) is 2.23. The highest BCUT2D eigenvalue weighted by Crippen LogP contribution is 2.14. The molecule has 7 heteroatoms. The van der Waals surface area contributed by atoms with Crippen LogP contribution in [0.5, 0.6) is 0 Å². The number of aliphatic hydroxyl groups excluding tert-OH is 1. The van der Waals surface area contributed by atoms with Gasteiger partial charge in [-0.1, -0.05) is 13.3 Å². The average molecular weight is 288 g/mol. The van der Waals surface area contributed by atoms with Crippen LogP contribution >= 0.6 is 0 Å². The van der Waals surface area contributed by atoms with Crippen molar-refractivity contribution in [3.8, 4) is 0 Å². The topological polar surface area (TPSA) is 90.3 Å². The van der Waals surface area contributed by atoms with E-state index in [9.17, 15) is 9.59 Å². The van der Waals surface area contributed by atoms with Crippen molar-refractivity contribution in [3.63, 3.8) is 0 Å². The Morgan fingerprint density at radius 3 is 2.75 bits per heavy atom. The molecule has 0 spiro atoms. The van der Waals surface area contributed by atoms with Gasteiger partial charge in [0, 0.05) is 19.6 Å². The van der Waals surface area contributed by atoms with Gasteiger partial charge in [-0.3, -0.25) is 4.79 Å². The van der Waals surface area contributed by atoms with Gasteiger partial charge < -0.3 is 24.7 Å². The lowest BCUT2D eigenvalue weighted by Crippen LogP contribution is -2.54. The molecule has 2 N–H and O–H groups in total. The molecule has 1 unspecified atom stereocenters. The van der Waals surface area contributed by atoms with Crippen LogP contribution in [0.2, 0.25) is 0 Å². The van der Waals surface area contributed by atoms with E-state index < -0.39 is 12.0 Å². The van der Waals surface area contributed by atoms with E-state index >= 15 is 0 Å². The first-order valence-corrected chi connectivity index (χ1v) is 7.06. The first-order valence-electron chi connectivity index (χ1n) is 7.06. The molecule has 1 saturated heterocycles. The minimum absolute atomic E-state index is 0.0939. The molecule has 0 aromatic carbocycles. The SMILES string of the molecule is CCCCN(CCO)C(=O)N1CCOCC1CC(=O)O. The number of hydrogen-bond acceptors (Lipinski definition) is 4. The second kappa shape index (κ2) is 8.76. The Kier molecular flexibility index (Phi) is 7.32. The highest BCUT2D eigenvalue weighted by molar-refractivity contribution is 5.76. The van der Waals surface area contributed by atoms with Gasteiger partial charge in [0.05, 0.1) is 32.3 Å². The maximum absolute atomic E-state index is 12.5. The number of carboxylic acids is 1. The summed E-state index contributed by atoms with van der Waals surface area (Å²) in [4.78, 5) is 26.5. The Morgan fingerprint density at radius 2 is 2.15 bits per heavy atom. The van der Waals surface area contributed by atoms with Crippen LogP contribution in [0.4, 0.5) is 4.79 Å². The summed E-state index contributed by atoms with van der Waals surface area (Å²) in [5.41, 5.74) is 0. The second-order valence-electron chi connectivity index (χ2n) is 4.87. The molecule has 2 amide bonds. The Balaban J connectivity index is 2.69. The van der Waals surface area contributed by atoms with Crippen LogP contribution in [0.1, 0.15) is 26.2 Å². The van der Waals surface area contributed by atoms with Gasteiger partial charge in [-0.25, -0.2) is 4.79 Å². The van der Waals surface area contributed by atoms with E-state index in [1.165, 1.54) is 0 Å². The maximum Gasteiger partial charge on any atom is 0.320 e. The number of hydrogen-bond donors (Lipinski definition) is 2. The van der Waals surface area contributed by atoms with Crippen LogP contribution in [-0.2, 0) is 9.53 Å². The quantitative estimate of drug-likeness (QED) is 0.706. The number of carbonyl (C=O) groups is 2. The van der Waals surface area contributed by atoms with Crippen LogP contribution in [0.3, 0.4) is 0 Å². The average Bonchev–Trinajstić information content (AvgIpc) is 2.42. The number of amides is 2. The molecule has 1 heterocycles. The molecular weight excluding hydrogens is 264 g/mol. The van der Waals surface area contributed by atoms with Crippen LogP contribution in [0.15, 0.2) is 0 Å². The molecule has 0 bridgehead atoms. The van der Waals surface area contributed by atoms with Crippen molar-refractivity contribution in [2.24, 2.45) is 0 Å². The smallest absolute Gasteiger partial charge is 0.320 e. The monoisotopic (exact) mass is 288 g/mol. The summed E-state index contributed by atoms with van der Waals surface area (Å²) in [6.45, 7) is 3.85. The third-order valence-electron chi connectivity index (χ3n) is 3.31. The lowest BCUT2D eigenvalue weighted by molar-refractivity contribution is -0.139. The minimum atomic E-state index is -0.944. The number of carbonyl (C=O) groups excluding carboxylic acids is 1. The zero-order valence-electron chi connectivity index (χ0n) is 12.0. The fourth-order valence-corrected chi connectivity index (χ4v) is 2.23. The van der Waals surface area contributed by atoms with Crippen molar-refractivity contribution < 1.29 is 24.5 Å². The van der Waals surface area contributed by atoms with E-state index in [0.717, 1.165) is 12.8 Å². The summed E-state index contributed by atoms with van der Waals surface area (Å²) in [7, 11) is 0. The first-order chi connectivity index (χ1) is 9.60. The number of aliphatic hydroxyl groups is 1. The van der Waals surface area contributed by atoms with Gasteiger partial charge in [0.25, 0.3) is 0 Å². The zero-order chi connectivity index (χ0) is 15.0. The summed E-state index contributed by atoms with van der Waals surface area (Å²) >= 11 is 0. The second-order valence-corrected chi connectivity index (χ2v) is 4.87. The van der Waals surface area contributed by atoms with Crippen molar-refractivity contribution in [2.75, 3.05) is 39.5 Å². The van der Waals surface area contributed by atoms with Crippen molar-refractivity contribution in [2.45, 2.75) is 32.2 Å². The zero-order valence-corrected chi connectivity index (χ0v) is 12.0. The lowest BCUT2D eigenvalue weighted by atomic mass is 10.1. The lowest BCUT2D eigenvalue weighted by Gasteiger charge is -2.38. The summed E-state index contributed by atoms with van der Waals surface area (Å²) in [6.07, 6.45) is 1.70. The molecule has 0 aromatic heterocycles. The number of aliphatic carboxylic acids is 1. The number of morpholine rings is 1. The molecule has 0 saturated carbocycles. The molecule has 0 radical (unpaired) electrons. The molecular formula is C13H24N2O5. The molecule has 0 aliphatic carbocycles. The molecule has 1 aliphatic rings. The van der Waals surface area contributed by atoms with Gasteiger partial charge >= 0.3 is 12.0 Å². The normalized spacial score (nSPS) is 18.9. The van der Waals surface area contributed by atoms with E-state index in [2.05, 4.69) is 0 Å². The molecule has 20 heavy (non-hydrogen) atoms. The third kappa shape index (κ3) is 4.97. The molecule has 116 valence electrons. The minimum Gasteiger partial charge on any atom is -0.481 e. The highest BCUT2D eigenvalue weighted by Gasteiger charge is 2.31. The molecule has 1 atom stereocenters. The molecule has 0 aromatic rings. The summed E-state index contributed by atoms with van der Waals surface area (Å²) in [6, 6.07) is -0.640. The van der Waals surface area contributed by atoms with Crippen LogP contribution in [0, 0.1) is 0 Å². The van der Waals surface area contributed by atoms with Gasteiger partial charge in [-0.15, -0.1) is 0 Å². The van der Waals surface area contributed by atoms with Crippen molar-refractivity contribution >= 4 is 12.0 Å². The van der Waals surface area contributed by atoms with Gasteiger partial charge in [0.2, 0.25) is 0 Å². The van der Waals surface area contributed by atoms with Crippen molar-refractivity contribution in [3.05, 3.63) is 0 Å². The van der Waals surface area contributed by atoms with E-state index in [4.69, 9.17) is 14.9 Å². The molecule has 1 fully saturated rings. The van der Waals surface area contributed by atoms with Crippen LogP contribution < -0.4 is 0 Å². The summed E-state index contributed by atoms with van der Waals surface area (Å²) in [5, 5.41) is 18.0. The van der Waals surface area contributed by atoms with Gasteiger partial charge in [0.15, 0.2) is 0 Å². The number of urea groups is 1. The standard InChI is InChI=1S/C13H24N2O5/c1-2-3-4-14(5-7-16)13(19)15-6-8-20-10-11(15)9-12(17)18/h11,16H,2-10H2,1H3,(H,17,18). The number of rotatable bonds is 7. The van der Waals surface area contributed by atoms with Gasteiger partial charge in [-0.2, -0.15) is 0 Å². The number of nitrogens with zero attached hydrogens (tertiary/aromatic N) is 2. The van der Waals surface area contributed by atoms with E-state index in [0.29, 0.717) is 19.7 Å². The van der Waals surface area contributed by atoms with Gasteiger partial charge in [-0.05, 0) is 6.42 Å². The van der Waals surface area contributed by atoms with Gasteiger partial charge in [0.1, 0.15) is 0 Å². The largest absolute Gasteiger partial charge is 0.481 e. The van der Waals surface area contributed by atoms with Crippen LogP contribution in [-0.4, -0.2) is 77.5 Å². The van der Waals surface area contributed by atoms with Crippen molar-refractivity contribution in [1.82, 2.24) is 9.80 Å². The Hall–Kier alpha value is -1.34. The predicted molar refractivity (Wildman–Crippen MR) is 72.5 cm³/mol. The molecule has 1 aliphatic heterocycles. The highest BCUT2D eigenvalue weighted by atomic mass is 16.5. The summed E-state index contributed by atoms with van der Waals surface area (Å²) < 4.78 is 5.26. The summed E-state index contributed by atoms with van der Waals surface area (Å²) in [5.74, 6) is -0.944. The predicted octanol–water partition coefficient (Wildman–Crippen LogP) is 0.376. The molecule has 7 nitrogen and oxygen atoms in total. The van der Waals surface area contributed by atoms with Crippen molar-refractivity contribution in [1.29, 1.82) is 0 Å². The van der Waals surface area contributed by atoms with E-state index in [1.54, 1.807) is 9.80 Å². The molecule has 1 rings (SSSR count). The Morgan fingerprint density at radius 1 is 1.40 bits per heavy atom. The van der Waals surface area contributed by atoms with Crippen LogP contribution in [0.25, 0.3) is 0 Å². The number of carboxylic acid groups (broad SMARTS) is 1. The third-order valence-corrected chi connectivity index (χ3v) is 3.31. The number of ether oxygens (including phenoxy) is 1. The first kappa shape index (κ1) is 16.7. The van der Waals surface area contributed by atoms with E-state index in [-0.39, 0.29) is 32.2 Å². The fraction of sp³-hybridized carbons (Fsp3) is 0.846. The maximum atomic E-state index is 12.5. The Bertz CT molecular complexity index is 324.